The van der Waals surface area contributed by atoms with Crippen molar-refractivity contribution in [3.8, 4) is 0 Å². The van der Waals surface area contributed by atoms with Crippen molar-refractivity contribution in [2.75, 3.05) is 12.4 Å². The van der Waals surface area contributed by atoms with Crippen LogP contribution >= 0.6 is 15.9 Å². The smallest absolute Gasteiger partial charge is 0.341 e. The molecule has 0 aromatic heterocycles. The fourth-order valence-corrected chi connectivity index (χ4v) is 1.08. The van der Waals surface area contributed by atoms with Gasteiger partial charge in [-0.15, -0.1) is 0 Å². The zero-order valence-electron chi connectivity index (χ0n) is 7.80. The number of Topliss-reactive ketones (excluding diaryl/α,β-unsaturated/α-hetero) is 1. The van der Waals surface area contributed by atoms with E-state index in [0.29, 0.717) is 6.42 Å². The van der Waals surface area contributed by atoms with Gasteiger partial charge in [-0.25, -0.2) is 4.79 Å². The van der Waals surface area contributed by atoms with E-state index in [4.69, 9.17) is 0 Å². The van der Waals surface area contributed by atoms with Gasteiger partial charge < -0.3 is 4.74 Å². The Morgan fingerprint density at radius 1 is 1.46 bits per heavy atom. The fraction of sp³-hybridized carbons (Fsp3) is 0.556. The molecule has 0 heterocycles. The Morgan fingerprint density at radius 3 is 2.46 bits per heavy atom. The van der Waals surface area contributed by atoms with Crippen molar-refractivity contribution < 1.29 is 14.3 Å². The van der Waals surface area contributed by atoms with Gasteiger partial charge in [0.2, 0.25) is 0 Å². The molecule has 0 aromatic rings. The van der Waals surface area contributed by atoms with Gasteiger partial charge in [-0.3, -0.25) is 4.79 Å². The third-order valence-electron chi connectivity index (χ3n) is 1.46. The predicted molar refractivity (Wildman–Crippen MR) is 53.8 cm³/mol. The number of hydrogen-bond acceptors (Lipinski definition) is 3. The predicted octanol–water partition coefficient (Wildman–Crippen LogP) is 1.85. The molecule has 0 saturated heterocycles. The Kier molecular flexibility index (Phi) is 6.49. The molecule has 0 N–H and O–H groups in total. The van der Waals surface area contributed by atoms with E-state index in [1.54, 1.807) is 6.08 Å². The highest BCUT2D eigenvalue weighted by Gasteiger charge is 2.16. The van der Waals surface area contributed by atoms with Gasteiger partial charge in [0.1, 0.15) is 0 Å². The molecule has 0 unspecified atom stereocenters. The number of carbonyl (C=O) groups is 2. The van der Waals surface area contributed by atoms with E-state index in [-0.39, 0.29) is 16.7 Å². The van der Waals surface area contributed by atoms with Crippen molar-refractivity contribution in [1.82, 2.24) is 0 Å². The van der Waals surface area contributed by atoms with Gasteiger partial charge in [0.15, 0.2) is 5.78 Å². The molecule has 0 fully saturated rings. The maximum atomic E-state index is 11.2. The Hall–Kier alpha value is -0.640. The van der Waals surface area contributed by atoms with Crippen LogP contribution in [-0.2, 0) is 14.3 Å². The van der Waals surface area contributed by atoms with E-state index in [9.17, 15) is 9.59 Å². The minimum Gasteiger partial charge on any atom is -0.465 e. The summed E-state index contributed by atoms with van der Waals surface area (Å²) in [5.41, 5.74) is 0.140. The van der Waals surface area contributed by atoms with Crippen molar-refractivity contribution in [2.45, 2.75) is 19.8 Å². The lowest BCUT2D eigenvalue weighted by atomic mass is 10.1. The number of allylic oxidation sites excluding steroid dienone is 1. The van der Waals surface area contributed by atoms with Crippen LogP contribution < -0.4 is 0 Å². The van der Waals surface area contributed by atoms with Crippen LogP contribution in [0.15, 0.2) is 11.6 Å². The number of hydrogen-bond donors (Lipinski definition) is 0. The number of ether oxygens (including phenoxy) is 1. The highest BCUT2D eigenvalue weighted by atomic mass is 79.9. The molecule has 0 saturated carbocycles. The fourth-order valence-electron chi connectivity index (χ4n) is 0.782. The second-order valence-electron chi connectivity index (χ2n) is 2.45. The number of ketones is 1. The molecule has 74 valence electrons. The standard InChI is InChI=1S/C9H13BrO3/c1-3-4-5-7(8(11)6-10)9(12)13-2/h5H,3-4,6H2,1-2H3/b7-5+. The van der Waals surface area contributed by atoms with E-state index in [2.05, 4.69) is 20.7 Å². The molecule has 0 radical (unpaired) electrons. The lowest BCUT2D eigenvalue weighted by Gasteiger charge is -2.01. The van der Waals surface area contributed by atoms with Gasteiger partial charge in [0.25, 0.3) is 0 Å². The summed E-state index contributed by atoms with van der Waals surface area (Å²) in [6.07, 6.45) is 3.23. The lowest BCUT2D eigenvalue weighted by molar-refractivity contribution is -0.137. The number of rotatable bonds is 5. The van der Waals surface area contributed by atoms with Crippen LogP contribution in [0, 0.1) is 0 Å². The first-order valence-corrected chi connectivity index (χ1v) is 5.17. The number of esters is 1. The lowest BCUT2D eigenvalue weighted by Crippen LogP contribution is -2.15. The van der Waals surface area contributed by atoms with Crippen molar-refractivity contribution in [2.24, 2.45) is 0 Å². The van der Waals surface area contributed by atoms with Crippen LogP contribution in [0.4, 0.5) is 0 Å². The van der Waals surface area contributed by atoms with E-state index >= 15 is 0 Å². The van der Waals surface area contributed by atoms with E-state index in [0.717, 1.165) is 6.42 Å². The molecule has 0 amide bonds. The highest BCUT2D eigenvalue weighted by molar-refractivity contribution is 9.09. The monoisotopic (exact) mass is 248 g/mol. The maximum Gasteiger partial charge on any atom is 0.341 e. The van der Waals surface area contributed by atoms with E-state index in [1.165, 1.54) is 7.11 Å². The molecule has 0 atom stereocenters. The summed E-state index contributed by atoms with van der Waals surface area (Å²) < 4.78 is 4.48. The first-order valence-electron chi connectivity index (χ1n) is 4.05. The number of unbranched alkanes of at least 4 members (excludes halogenated alkanes) is 1. The zero-order valence-corrected chi connectivity index (χ0v) is 9.39. The molecule has 0 aliphatic heterocycles. The zero-order chi connectivity index (χ0) is 10.3. The van der Waals surface area contributed by atoms with Crippen molar-refractivity contribution in [3.63, 3.8) is 0 Å². The molecule has 0 aliphatic carbocycles. The van der Waals surface area contributed by atoms with Gasteiger partial charge in [0.05, 0.1) is 18.0 Å². The van der Waals surface area contributed by atoms with E-state index in [1.807, 2.05) is 6.92 Å². The van der Waals surface area contributed by atoms with Crippen LogP contribution in [0.25, 0.3) is 0 Å². The minimum atomic E-state index is -0.557. The molecule has 13 heavy (non-hydrogen) atoms. The van der Waals surface area contributed by atoms with Crippen molar-refractivity contribution in [3.05, 3.63) is 11.6 Å². The Balaban J connectivity index is 4.54. The molecular formula is C9H13BrO3. The minimum absolute atomic E-state index is 0.140. The number of alkyl halides is 1. The Bertz CT molecular complexity index is 203. The average Bonchev–Trinajstić information content (AvgIpc) is 2.17. The molecule has 0 aliphatic rings. The SMILES string of the molecule is CCC/C=C(\C(=O)CBr)C(=O)OC. The third kappa shape index (κ3) is 4.22. The summed E-state index contributed by atoms with van der Waals surface area (Å²) in [6.45, 7) is 1.98. The second kappa shape index (κ2) is 6.83. The highest BCUT2D eigenvalue weighted by Crippen LogP contribution is 2.05. The van der Waals surface area contributed by atoms with Crippen LogP contribution in [0.5, 0.6) is 0 Å². The number of methoxy groups -OCH3 is 1. The largest absolute Gasteiger partial charge is 0.465 e. The summed E-state index contributed by atoms with van der Waals surface area (Å²) in [4.78, 5) is 22.3. The molecule has 0 spiro atoms. The maximum absolute atomic E-state index is 11.2. The summed E-state index contributed by atoms with van der Waals surface area (Å²) >= 11 is 3.01. The average molecular weight is 249 g/mol. The van der Waals surface area contributed by atoms with E-state index < -0.39 is 5.97 Å². The summed E-state index contributed by atoms with van der Waals surface area (Å²) in [5, 5.41) is 0.150. The topological polar surface area (TPSA) is 43.4 Å². The molecule has 3 nitrogen and oxygen atoms in total. The number of carbonyl (C=O) groups excluding carboxylic acids is 2. The quantitative estimate of drug-likeness (QED) is 0.245. The summed E-state index contributed by atoms with van der Waals surface area (Å²) in [7, 11) is 1.27. The number of halogens is 1. The van der Waals surface area contributed by atoms with Crippen molar-refractivity contribution >= 4 is 27.7 Å². The molecule has 0 bridgehead atoms. The summed E-state index contributed by atoms with van der Waals surface area (Å²) in [5.74, 6) is -0.793. The third-order valence-corrected chi connectivity index (χ3v) is 1.97. The van der Waals surface area contributed by atoms with Crippen LogP contribution in [0.2, 0.25) is 0 Å². The second-order valence-corrected chi connectivity index (χ2v) is 3.02. The Labute approximate surface area is 86.3 Å². The van der Waals surface area contributed by atoms with Gasteiger partial charge in [-0.05, 0) is 6.42 Å². The van der Waals surface area contributed by atoms with Crippen LogP contribution in [0.3, 0.4) is 0 Å². The van der Waals surface area contributed by atoms with Crippen LogP contribution in [0.1, 0.15) is 19.8 Å². The molecular weight excluding hydrogens is 236 g/mol. The molecule has 0 aromatic carbocycles. The normalized spacial score (nSPS) is 11.2. The van der Waals surface area contributed by atoms with Gasteiger partial charge in [0, 0.05) is 0 Å². The van der Waals surface area contributed by atoms with Gasteiger partial charge in [-0.2, -0.15) is 0 Å². The van der Waals surface area contributed by atoms with Crippen molar-refractivity contribution in [1.29, 1.82) is 0 Å². The van der Waals surface area contributed by atoms with Crippen LogP contribution in [-0.4, -0.2) is 24.2 Å². The molecule has 4 heteroatoms. The Morgan fingerprint density at radius 2 is 2.08 bits per heavy atom. The first-order chi connectivity index (χ1) is 6.17. The first kappa shape index (κ1) is 12.4. The summed E-state index contributed by atoms with van der Waals surface area (Å²) in [6, 6.07) is 0. The van der Waals surface area contributed by atoms with Gasteiger partial charge >= 0.3 is 5.97 Å². The molecule has 0 rings (SSSR count). The van der Waals surface area contributed by atoms with Gasteiger partial charge in [-0.1, -0.05) is 35.4 Å².